The van der Waals surface area contributed by atoms with Crippen molar-refractivity contribution in [2.75, 3.05) is 12.8 Å². The lowest BCUT2D eigenvalue weighted by atomic mass is 10.1. The molecule has 2 rings (SSSR count). The van der Waals surface area contributed by atoms with Crippen LogP contribution >= 0.6 is 0 Å². The van der Waals surface area contributed by atoms with Crippen LogP contribution in [0.3, 0.4) is 0 Å². The first-order valence-corrected chi connectivity index (χ1v) is 4.11. The summed E-state index contributed by atoms with van der Waals surface area (Å²) in [6, 6.07) is 5.57. The average Bonchev–Trinajstić information content (AvgIpc) is 2.59. The van der Waals surface area contributed by atoms with Crippen LogP contribution in [0.5, 0.6) is 5.75 Å². The van der Waals surface area contributed by atoms with Crippen LogP contribution in [-0.2, 0) is 0 Å². The van der Waals surface area contributed by atoms with E-state index in [4.69, 9.17) is 15.7 Å². The number of H-pyrrole nitrogens is 1. The van der Waals surface area contributed by atoms with Gasteiger partial charge in [0.05, 0.1) is 18.2 Å². The van der Waals surface area contributed by atoms with Crippen LogP contribution in [0.15, 0.2) is 18.3 Å². The summed E-state index contributed by atoms with van der Waals surface area (Å²) in [5.74, 6) is 0.654. The van der Waals surface area contributed by atoms with Crippen molar-refractivity contribution in [3.63, 3.8) is 0 Å². The third-order valence-corrected chi connectivity index (χ3v) is 2.12. The van der Waals surface area contributed by atoms with Gasteiger partial charge in [0.25, 0.3) is 0 Å². The molecule has 0 saturated heterocycles. The highest BCUT2D eigenvalue weighted by atomic mass is 16.5. The van der Waals surface area contributed by atoms with E-state index >= 15 is 0 Å². The first-order valence-electron chi connectivity index (χ1n) is 4.11. The molecule has 0 bridgehead atoms. The van der Waals surface area contributed by atoms with Crippen LogP contribution in [0.2, 0.25) is 0 Å². The molecule has 0 spiro atoms. The summed E-state index contributed by atoms with van der Waals surface area (Å²) in [6.45, 7) is 0. The number of nitrogens with two attached hydrogens (primary N) is 1. The lowest BCUT2D eigenvalue weighted by Gasteiger charge is -2.02. The largest absolute Gasteiger partial charge is 0.494 e. The number of benzene rings is 1. The number of nitrogen functional groups attached to an aromatic ring is 1. The molecule has 0 aliphatic carbocycles. The summed E-state index contributed by atoms with van der Waals surface area (Å²) in [7, 11) is 1.57. The van der Waals surface area contributed by atoms with Crippen molar-refractivity contribution in [1.29, 1.82) is 5.26 Å². The van der Waals surface area contributed by atoms with Gasteiger partial charge in [0.15, 0.2) is 0 Å². The molecule has 0 saturated carbocycles. The van der Waals surface area contributed by atoms with Gasteiger partial charge in [-0.1, -0.05) is 0 Å². The molecule has 0 fully saturated rings. The van der Waals surface area contributed by atoms with Gasteiger partial charge in [0.2, 0.25) is 0 Å². The van der Waals surface area contributed by atoms with E-state index in [2.05, 4.69) is 11.1 Å². The van der Waals surface area contributed by atoms with Crippen LogP contribution in [0.4, 0.5) is 5.69 Å². The molecule has 0 radical (unpaired) electrons. The van der Waals surface area contributed by atoms with Crippen LogP contribution in [0.1, 0.15) is 5.56 Å². The molecule has 0 amide bonds. The highest BCUT2D eigenvalue weighted by Crippen LogP contribution is 2.29. The quantitative estimate of drug-likeness (QED) is 0.666. The highest BCUT2D eigenvalue weighted by molar-refractivity contribution is 5.92. The standard InChI is InChI=1S/C10H9N3O/c1-14-9-3-7(12)2-8-6(4-11)5-13-10(8)9/h2-3,5,13H,12H2,1H3. The Hall–Kier alpha value is -2.15. The maximum absolute atomic E-state index is 8.83. The topological polar surface area (TPSA) is 74.8 Å². The molecule has 1 aromatic carbocycles. The predicted octanol–water partition coefficient (Wildman–Crippen LogP) is 1.63. The van der Waals surface area contributed by atoms with Crippen molar-refractivity contribution in [3.05, 3.63) is 23.9 Å². The average molecular weight is 187 g/mol. The van der Waals surface area contributed by atoms with Gasteiger partial charge in [-0.2, -0.15) is 5.26 Å². The molecule has 0 unspecified atom stereocenters. The number of aromatic nitrogens is 1. The Balaban J connectivity index is 2.85. The first-order chi connectivity index (χ1) is 6.76. The van der Waals surface area contributed by atoms with Gasteiger partial charge in [-0.25, -0.2) is 0 Å². The minimum absolute atomic E-state index is 0.575. The summed E-state index contributed by atoms with van der Waals surface area (Å²) in [4.78, 5) is 2.98. The Kier molecular flexibility index (Phi) is 1.79. The monoisotopic (exact) mass is 187 g/mol. The van der Waals surface area contributed by atoms with E-state index in [1.54, 1.807) is 25.4 Å². The van der Waals surface area contributed by atoms with E-state index < -0.39 is 0 Å². The molecule has 1 heterocycles. The molecule has 70 valence electrons. The molecule has 0 aliphatic rings. The summed E-state index contributed by atoms with van der Waals surface area (Å²) in [5.41, 5.74) is 7.65. The zero-order chi connectivity index (χ0) is 10.1. The number of nitriles is 1. The van der Waals surface area contributed by atoms with Gasteiger partial charge in [0, 0.05) is 23.3 Å². The van der Waals surface area contributed by atoms with Crippen LogP contribution < -0.4 is 10.5 Å². The normalized spacial score (nSPS) is 10.0. The smallest absolute Gasteiger partial charge is 0.145 e. The molecule has 14 heavy (non-hydrogen) atoms. The molecular formula is C10H9N3O. The summed E-state index contributed by atoms with van der Waals surface area (Å²) in [6.07, 6.45) is 1.65. The van der Waals surface area contributed by atoms with Gasteiger partial charge < -0.3 is 15.5 Å². The number of hydrogen-bond acceptors (Lipinski definition) is 3. The van der Waals surface area contributed by atoms with Crippen molar-refractivity contribution in [2.24, 2.45) is 0 Å². The minimum Gasteiger partial charge on any atom is -0.494 e. The number of methoxy groups -OCH3 is 1. The van der Waals surface area contributed by atoms with E-state index in [0.29, 0.717) is 17.0 Å². The summed E-state index contributed by atoms with van der Waals surface area (Å²) >= 11 is 0. The highest BCUT2D eigenvalue weighted by Gasteiger charge is 2.08. The van der Waals surface area contributed by atoms with Gasteiger partial charge in [-0.15, -0.1) is 0 Å². The predicted molar refractivity (Wildman–Crippen MR) is 54.0 cm³/mol. The Labute approximate surface area is 80.9 Å². The molecule has 4 heteroatoms. The molecule has 0 atom stereocenters. The van der Waals surface area contributed by atoms with E-state index in [9.17, 15) is 0 Å². The second-order valence-electron chi connectivity index (χ2n) is 2.96. The number of rotatable bonds is 1. The maximum atomic E-state index is 8.83. The Morgan fingerprint density at radius 1 is 1.50 bits per heavy atom. The van der Waals surface area contributed by atoms with Crippen LogP contribution in [-0.4, -0.2) is 12.1 Å². The third kappa shape index (κ3) is 1.07. The SMILES string of the molecule is COc1cc(N)cc2c(C#N)c[nH]c12. The van der Waals surface area contributed by atoms with Crippen LogP contribution in [0.25, 0.3) is 10.9 Å². The molecule has 1 aromatic heterocycles. The number of hydrogen-bond donors (Lipinski definition) is 2. The van der Waals surface area contributed by atoms with E-state index in [1.165, 1.54) is 0 Å². The van der Waals surface area contributed by atoms with E-state index in [1.807, 2.05) is 0 Å². The maximum Gasteiger partial charge on any atom is 0.145 e. The second kappa shape index (κ2) is 2.96. The summed E-state index contributed by atoms with van der Waals surface area (Å²) in [5, 5.41) is 9.62. The van der Waals surface area contributed by atoms with E-state index in [0.717, 1.165) is 10.9 Å². The summed E-state index contributed by atoms with van der Waals surface area (Å²) < 4.78 is 5.15. The fourth-order valence-electron chi connectivity index (χ4n) is 1.47. The van der Waals surface area contributed by atoms with Gasteiger partial charge >= 0.3 is 0 Å². The Bertz CT molecular complexity index is 522. The van der Waals surface area contributed by atoms with Crippen molar-refractivity contribution < 1.29 is 4.74 Å². The number of fused-ring (bicyclic) bond motifs is 1. The van der Waals surface area contributed by atoms with Crippen LogP contribution in [0, 0.1) is 11.3 Å². The lowest BCUT2D eigenvalue weighted by molar-refractivity contribution is 0.419. The number of nitrogens with zero attached hydrogens (tertiary/aromatic N) is 1. The van der Waals surface area contributed by atoms with Crippen molar-refractivity contribution in [2.45, 2.75) is 0 Å². The van der Waals surface area contributed by atoms with Crippen molar-refractivity contribution in [3.8, 4) is 11.8 Å². The zero-order valence-corrected chi connectivity index (χ0v) is 7.66. The zero-order valence-electron chi connectivity index (χ0n) is 7.66. The molecule has 0 aliphatic heterocycles. The molecule has 2 aromatic rings. The van der Waals surface area contributed by atoms with Gasteiger partial charge in [-0.3, -0.25) is 0 Å². The third-order valence-electron chi connectivity index (χ3n) is 2.12. The lowest BCUT2D eigenvalue weighted by Crippen LogP contribution is -1.89. The Morgan fingerprint density at radius 2 is 2.29 bits per heavy atom. The number of ether oxygens (including phenoxy) is 1. The second-order valence-corrected chi connectivity index (χ2v) is 2.96. The number of aromatic amines is 1. The fourth-order valence-corrected chi connectivity index (χ4v) is 1.47. The Morgan fingerprint density at radius 3 is 2.93 bits per heavy atom. The van der Waals surface area contributed by atoms with E-state index in [-0.39, 0.29) is 0 Å². The minimum atomic E-state index is 0.575. The fraction of sp³-hybridized carbons (Fsp3) is 0.100. The molecular weight excluding hydrogens is 178 g/mol. The van der Waals surface area contributed by atoms with Gasteiger partial charge in [-0.05, 0) is 6.07 Å². The number of nitrogens with one attached hydrogen (secondary N) is 1. The van der Waals surface area contributed by atoms with Crippen molar-refractivity contribution in [1.82, 2.24) is 4.98 Å². The van der Waals surface area contributed by atoms with Crippen molar-refractivity contribution >= 4 is 16.6 Å². The number of anilines is 1. The molecule has 4 nitrogen and oxygen atoms in total. The molecule has 3 N–H and O–H groups in total. The van der Waals surface area contributed by atoms with Gasteiger partial charge in [0.1, 0.15) is 11.8 Å². The first kappa shape index (κ1) is 8.45.